The first-order chi connectivity index (χ1) is 12.1. The smallest absolute Gasteiger partial charge is 0.262 e. The molecule has 0 unspecified atom stereocenters. The number of benzene rings is 1. The molecule has 2 atom stereocenters. The van der Waals surface area contributed by atoms with Crippen LogP contribution in [0.3, 0.4) is 0 Å². The number of halogens is 1. The lowest BCUT2D eigenvalue weighted by atomic mass is 10.0. The minimum atomic E-state index is -0.289. The molecule has 130 valence electrons. The Morgan fingerprint density at radius 1 is 1.36 bits per heavy atom. The number of carbonyl (C=O) groups is 1. The Morgan fingerprint density at radius 3 is 3.04 bits per heavy atom. The zero-order valence-corrected chi connectivity index (χ0v) is 13.7. The molecule has 4 rings (SSSR count). The summed E-state index contributed by atoms with van der Waals surface area (Å²) in [5, 5.41) is 2.78. The summed E-state index contributed by atoms with van der Waals surface area (Å²) in [6, 6.07) is 8.15. The van der Waals surface area contributed by atoms with Crippen LogP contribution in [-0.2, 0) is 9.53 Å². The van der Waals surface area contributed by atoms with Crippen molar-refractivity contribution in [3.8, 4) is 5.75 Å². The van der Waals surface area contributed by atoms with Crippen molar-refractivity contribution >= 4 is 17.4 Å². The molecule has 0 bridgehead atoms. The van der Waals surface area contributed by atoms with Gasteiger partial charge in [-0.05, 0) is 13.0 Å². The van der Waals surface area contributed by atoms with Gasteiger partial charge < -0.3 is 19.7 Å². The van der Waals surface area contributed by atoms with Gasteiger partial charge in [-0.25, -0.2) is 9.37 Å². The highest BCUT2D eigenvalue weighted by Gasteiger charge is 2.31. The van der Waals surface area contributed by atoms with E-state index in [1.807, 2.05) is 17.9 Å². The number of pyridine rings is 1. The number of hydrogen-bond donors (Lipinski definition) is 1. The summed E-state index contributed by atoms with van der Waals surface area (Å²) in [6.07, 6.45) is 1.58. The molecule has 2 aliphatic rings. The number of nitrogens with zero attached hydrogens (tertiary/aromatic N) is 2. The molecule has 1 fully saturated rings. The van der Waals surface area contributed by atoms with Crippen LogP contribution in [0, 0.1) is 5.82 Å². The quantitative estimate of drug-likeness (QED) is 0.908. The lowest BCUT2D eigenvalue weighted by Gasteiger charge is -2.40. The standard InChI is InChI=1S/C18H18FN3O3/c1-11-8-22(15(9-24-11)12-4-2-3-5-13(12)19)17-6-14-16(7-20-17)25-10-18(23)21-14/h2-7,11,15H,8-10H2,1H3,(H,21,23)/t11-,15+/m1/s1. The third kappa shape index (κ3) is 3.02. The van der Waals surface area contributed by atoms with E-state index in [1.54, 1.807) is 24.4 Å². The van der Waals surface area contributed by atoms with Gasteiger partial charge >= 0.3 is 0 Å². The zero-order valence-electron chi connectivity index (χ0n) is 13.7. The molecule has 0 radical (unpaired) electrons. The largest absolute Gasteiger partial charge is 0.480 e. The molecule has 1 saturated heterocycles. The Hall–Kier alpha value is -2.67. The van der Waals surface area contributed by atoms with Crippen LogP contribution in [0.15, 0.2) is 36.5 Å². The second-order valence-corrected chi connectivity index (χ2v) is 6.21. The maximum atomic E-state index is 14.3. The van der Waals surface area contributed by atoms with E-state index in [4.69, 9.17) is 9.47 Å². The Balaban J connectivity index is 1.71. The normalized spacial score (nSPS) is 22.8. The van der Waals surface area contributed by atoms with Gasteiger partial charge in [-0.3, -0.25) is 4.79 Å². The van der Waals surface area contributed by atoms with Gasteiger partial charge in [0.1, 0.15) is 11.6 Å². The summed E-state index contributed by atoms with van der Waals surface area (Å²) < 4.78 is 25.4. The molecule has 1 aromatic heterocycles. The maximum Gasteiger partial charge on any atom is 0.262 e. The van der Waals surface area contributed by atoms with Crippen molar-refractivity contribution in [2.75, 3.05) is 30.0 Å². The molecule has 6 nitrogen and oxygen atoms in total. The predicted octanol–water partition coefficient (Wildman–Crippen LogP) is 2.52. The third-order valence-electron chi connectivity index (χ3n) is 4.41. The summed E-state index contributed by atoms with van der Waals surface area (Å²) in [5.74, 6) is 0.705. The van der Waals surface area contributed by atoms with Crippen LogP contribution in [0.2, 0.25) is 0 Å². The lowest BCUT2D eigenvalue weighted by Crippen LogP contribution is -2.44. The van der Waals surface area contributed by atoms with Gasteiger partial charge in [-0.2, -0.15) is 0 Å². The topological polar surface area (TPSA) is 63.7 Å². The molecule has 0 spiro atoms. The second kappa shape index (κ2) is 6.33. The van der Waals surface area contributed by atoms with E-state index in [0.29, 0.717) is 36.0 Å². The highest BCUT2D eigenvalue weighted by Crippen LogP contribution is 2.35. The van der Waals surface area contributed by atoms with Gasteiger partial charge in [-0.1, -0.05) is 18.2 Å². The maximum absolute atomic E-state index is 14.3. The minimum Gasteiger partial charge on any atom is -0.480 e. The molecular weight excluding hydrogens is 325 g/mol. The predicted molar refractivity (Wildman–Crippen MR) is 90.3 cm³/mol. The van der Waals surface area contributed by atoms with E-state index < -0.39 is 0 Å². The average Bonchev–Trinajstić information content (AvgIpc) is 2.62. The molecule has 0 saturated carbocycles. The van der Waals surface area contributed by atoms with Gasteiger partial charge in [0, 0.05) is 18.2 Å². The molecule has 0 aliphatic carbocycles. The monoisotopic (exact) mass is 343 g/mol. The molecule has 1 amide bonds. The number of fused-ring (bicyclic) bond motifs is 1. The number of morpholine rings is 1. The van der Waals surface area contributed by atoms with Crippen LogP contribution in [0.5, 0.6) is 5.75 Å². The van der Waals surface area contributed by atoms with E-state index >= 15 is 0 Å². The van der Waals surface area contributed by atoms with Gasteiger partial charge in [0.2, 0.25) is 0 Å². The minimum absolute atomic E-state index is 0.00769. The Bertz CT molecular complexity index is 814. The van der Waals surface area contributed by atoms with E-state index in [-0.39, 0.29) is 30.5 Å². The number of hydrogen-bond acceptors (Lipinski definition) is 5. The number of anilines is 2. The van der Waals surface area contributed by atoms with E-state index in [0.717, 1.165) is 0 Å². The van der Waals surface area contributed by atoms with Crippen LogP contribution in [0.4, 0.5) is 15.9 Å². The van der Waals surface area contributed by atoms with Gasteiger partial charge in [0.15, 0.2) is 12.4 Å². The van der Waals surface area contributed by atoms with E-state index in [9.17, 15) is 9.18 Å². The van der Waals surface area contributed by atoms with Crippen molar-refractivity contribution in [1.29, 1.82) is 0 Å². The third-order valence-corrected chi connectivity index (χ3v) is 4.41. The van der Waals surface area contributed by atoms with Crippen LogP contribution < -0.4 is 15.0 Å². The van der Waals surface area contributed by atoms with Gasteiger partial charge in [0.25, 0.3) is 5.91 Å². The summed E-state index contributed by atoms with van der Waals surface area (Å²) in [5.41, 5.74) is 1.14. The van der Waals surface area contributed by atoms with Gasteiger partial charge in [-0.15, -0.1) is 0 Å². The Labute approximate surface area is 144 Å². The van der Waals surface area contributed by atoms with E-state index in [2.05, 4.69) is 10.3 Å². The fourth-order valence-electron chi connectivity index (χ4n) is 3.19. The first-order valence-electron chi connectivity index (χ1n) is 8.17. The lowest BCUT2D eigenvalue weighted by molar-refractivity contribution is -0.118. The van der Waals surface area contributed by atoms with Crippen molar-refractivity contribution in [1.82, 2.24) is 4.98 Å². The second-order valence-electron chi connectivity index (χ2n) is 6.21. The molecule has 7 heteroatoms. The molecule has 3 heterocycles. The molecule has 1 N–H and O–H groups in total. The van der Waals surface area contributed by atoms with Crippen LogP contribution >= 0.6 is 0 Å². The van der Waals surface area contributed by atoms with Crippen LogP contribution in [0.1, 0.15) is 18.5 Å². The number of ether oxygens (including phenoxy) is 2. The van der Waals surface area contributed by atoms with Crippen molar-refractivity contribution in [2.45, 2.75) is 19.1 Å². The average molecular weight is 343 g/mol. The number of aromatic nitrogens is 1. The summed E-state index contributed by atoms with van der Waals surface area (Å²) in [6.45, 7) is 2.89. The number of amides is 1. The Kier molecular flexibility index (Phi) is 4.01. The highest BCUT2D eigenvalue weighted by molar-refractivity contribution is 5.95. The molecular formula is C18H18FN3O3. The van der Waals surface area contributed by atoms with Crippen molar-refractivity contribution in [3.05, 3.63) is 47.9 Å². The van der Waals surface area contributed by atoms with Gasteiger partial charge in [0.05, 0.1) is 30.6 Å². The zero-order chi connectivity index (χ0) is 17.4. The van der Waals surface area contributed by atoms with E-state index in [1.165, 1.54) is 6.07 Å². The van der Waals surface area contributed by atoms with Crippen LogP contribution in [-0.4, -0.2) is 36.8 Å². The fraction of sp³-hybridized carbons (Fsp3) is 0.333. The fourth-order valence-corrected chi connectivity index (χ4v) is 3.19. The number of carbonyl (C=O) groups excluding carboxylic acids is 1. The summed E-state index contributed by atoms with van der Waals surface area (Å²) in [4.78, 5) is 18.0. The number of nitrogens with one attached hydrogen (secondary N) is 1. The van der Waals surface area contributed by atoms with Crippen molar-refractivity contribution < 1.29 is 18.7 Å². The number of rotatable bonds is 2. The molecule has 25 heavy (non-hydrogen) atoms. The van der Waals surface area contributed by atoms with Crippen molar-refractivity contribution in [3.63, 3.8) is 0 Å². The molecule has 1 aromatic carbocycles. The molecule has 2 aliphatic heterocycles. The summed E-state index contributed by atoms with van der Waals surface area (Å²) in [7, 11) is 0. The SMILES string of the molecule is C[C@@H]1CN(c2cc3c(cn2)OCC(=O)N3)[C@H](c2ccccc2F)CO1. The van der Waals surface area contributed by atoms with Crippen LogP contribution in [0.25, 0.3) is 0 Å². The highest BCUT2D eigenvalue weighted by atomic mass is 19.1. The first kappa shape index (κ1) is 15.8. The Morgan fingerprint density at radius 2 is 2.20 bits per heavy atom. The first-order valence-corrected chi connectivity index (χ1v) is 8.17. The van der Waals surface area contributed by atoms with Crippen molar-refractivity contribution in [2.24, 2.45) is 0 Å². The summed E-state index contributed by atoms with van der Waals surface area (Å²) >= 11 is 0. The molecule has 2 aromatic rings.